The minimum Gasteiger partial charge on any atom is -0.366 e. The van der Waals surface area contributed by atoms with Crippen LogP contribution in [0.3, 0.4) is 0 Å². The third kappa shape index (κ3) is 2.56. The molecule has 1 aliphatic heterocycles. The van der Waals surface area contributed by atoms with Crippen LogP contribution < -0.4 is 9.80 Å². The predicted octanol–water partition coefficient (Wildman–Crippen LogP) is 3.20. The molecule has 2 heterocycles. The van der Waals surface area contributed by atoms with Crippen molar-refractivity contribution in [3.05, 3.63) is 53.4 Å². The average molecular weight is 292 g/mol. The van der Waals surface area contributed by atoms with Gasteiger partial charge in [-0.05, 0) is 24.3 Å². The molecule has 0 bridgehead atoms. The normalized spacial score (nSPS) is 15.5. The molecule has 0 unspecified atom stereocenters. The number of piperazine rings is 1. The molecule has 104 valence electrons. The third-order valence-corrected chi connectivity index (χ3v) is 3.81. The molecule has 1 saturated heterocycles. The Hall–Kier alpha value is -1.81. The zero-order chi connectivity index (χ0) is 13.9. The van der Waals surface area contributed by atoms with E-state index in [2.05, 4.69) is 14.8 Å². The van der Waals surface area contributed by atoms with Crippen LogP contribution in [-0.4, -0.2) is 31.2 Å². The van der Waals surface area contributed by atoms with Crippen molar-refractivity contribution in [3.63, 3.8) is 0 Å². The standard InChI is InChI=1S/C15H15ClFN3/c16-12-4-3-7-18-15(12)20-10-8-19(9-11-20)14-6-2-1-5-13(14)17/h1-7H,8-11H2. The van der Waals surface area contributed by atoms with Gasteiger partial charge in [-0.1, -0.05) is 23.7 Å². The van der Waals surface area contributed by atoms with Gasteiger partial charge in [-0.25, -0.2) is 9.37 Å². The molecule has 3 rings (SSSR count). The van der Waals surface area contributed by atoms with E-state index in [-0.39, 0.29) is 5.82 Å². The van der Waals surface area contributed by atoms with Crippen molar-refractivity contribution >= 4 is 23.1 Å². The van der Waals surface area contributed by atoms with E-state index in [4.69, 9.17) is 11.6 Å². The lowest BCUT2D eigenvalue weighted by molar-refractivity contribution is 0.596. The maximum absolute atomic E-state index is 13.8. The molecule has 5 heteroatoms. The summed E-state index contributed by atoms with van der Waals surface area (Å²) in [6.07, 6.45) is 1.74. The Balaban J connectivity index is 1.72. The summed E-state index contributed by atoms with van der Waals surface area (Å²) >= 11 is 6.16. The maximum Gasteiger partial charge on any atom is 0.147 e. The smallest absolute Gasteiger partial charge is 0.147 e. The predicted molar refractivity (Wildman–Crippen MR) is 80.1 cm³/mol. The molecule has 0 atom stereocenters. The zero-order valence-electron chi connectivity index (χ0n) is 11.0. The van der Waals surface area contributed by atoms with Gasteiger partial charge in [0.15, 0.2) is 0 Å². The fourth-order valence-corrected chi connectivity index (χ4v) is 2.72. The Labute approximate surface area is 122 Å². The monoisotopic (exact) mass is 291 g/mol. The fourth-order valence-electron chi connectivity index (χ4n) is 2.48. The molecule has 1 fully saturated rings. The average Bonchev–Trinajstić information content (AvgIpc) is 2.49. The minimum atomic E-state index is -0.170. The van der Waals surface area contributed by atoms with Crippen LogP contribution in [0.5, 0.6) is 0 Å². The molecule has 2 aromatic rings. The molecular formula is C15H15ClFN3. The highest BCUT2D eigenvalue weighted by Crippen LogP contribution is 2.25. The molecule has 0 saturated carbocycles. The second-order valence-electron chi connectivity index (χ2n) is 4.73. The third-order valence-electron chi connectivity index (χ3n) is 3.51. The maximum atomic E-state index is 13.8. The van der Waals surface area contributed by atoms with E-state index in [0.717, 1.165) is 32.0 Å². The van der Waals surface area contributed by atoms with E-state index in [0.29, 0.717) is 10.7 Å². The first-order chi connectivity index (χ1) is 9.75. The number of halogens is 2. The number of pyridine rings is 1. The molecule has 3 nitrogen and oxygen atoms in total. The highest BCUT2D eigenvalue weighted by atomic mass is 35.5. The second kappa shape index (κ2) is 5.67. The molecule has 1 aliphatic rings. The lowest BCUT2D eigenvalue weighted by Crippen LogP contribution is -2.47. The minimum absolute atomic E-state index is 0.170. The summed E-state index contributed by atoms with van der Waals surface area (Å²) in [5, 5.41) is 0.659. The number of anilines is 2. The summed E-state index contributed by atoms with van der Waals surface area (Å²) < 4.78 is 13.8. The highest BCUT2D eigenvalue weighted by Gasteiger charge is 2.21. The summed E-state index contributed by atoms with van der Waals surface area (Å²) in [6.45, 7) is 3.08. The molecule has 1 aromatic heterocycles. The van der Waals surface area contributed by atoms with Crippen LogP contribution in [0.4, 0.5) is 15.9 Å². The van der Waals surface area contributed by atoms with Crippen LogP contribution in [0.25, 0.3) is 0 Å². The number of benzene rings is 1. The van der Waals surface area contributed by atoms with Crippen molar-refractivity contribution in [1.29, 1.82) is 0 Å². The first-order valence-electron chi connectivity index (χ1n) is 6.60. The van der Waals surface area contributed by atoms with E-state index < -0.39 is 0 Å². The molecule has 0 radical (unpaired) electrons. The Bertz CT molecular complexity index is 544. The van der Waals surface area contributed by atoms with Crippen LogP contribution in [0, 0.1) is 5.82 Å². The van der Waals surface area contributed by atoms with E-state index in [1.165, 1.54) is 6.07 Å². The van der Waals surface area contributed by atoms with Gasteiger partial charge in [0.1, 0.15) is 11.6 Å². The molecular weight excluding hydrogens is 277 g/mol. The summed E-state index contributed by atoms with van der Waals surface area (Å²) in [5.41, 5.74) is 0.666. The molecule has 0 aliphatic carbocycles. The van der Waals surface area contributed by atoms with Gasteiger partial charge in [0.25, 0.3) is 0 Å². The summed E-state index contributed by atoms with van der Waals surface area (Å²) in [4.78, 5) is 8.52. The van der Waals surface area contributed by atoms with E-state index in [9.17, 15) is 4.39 Å². The van der Waals surface area contributed by atoms with Crippen LogP contribution in [0.1, 0.15) is 0 Å². The van der Waals surface area contributed by atoms with Gasteiger partial charge in [-0.3, -0.25) is 0 Å². The number of hydrogen-bond acceptors (Lipinski definition) is 3. The fraction of sp³-hybridized carbons (Fsp3) is 0.267. The first kappa shape index (κ1) is 13.2. The van der Waals surface area contributed by atoms with E-state index in [1.54, 1.807) is 12.3 Å². The largest absolute Gasteiger partial charge is 0.366 e. The lowest BCUT2D eigenvalue weighted by atomic mass is 10.2. The molecule has 20 heavy (non-hydrogen) atoms. The highest BCUT2D eigenvalue weighted by molar-refractivity contribution is 6.32. The van der Waals surface area contributed by atoms with Gasteiger partial charge in [-0.15, -0.1) is 0 Å². The van der Waals surface area contributed by atoms with Gasteiger partial charge < -0.3 is 9.80 Å². The summed E-state index contributed by atoms with van der Waals surface area (Å²) in [7, 11) is 0. The Morgan fingerprint density at radius 2 is 1.65 bits per heavy atom. The number of rotatable bonds is 2. The SMILES string of the molecule is Fc1ccccc1N1CCN(c2ncccc2Cl)CC1. The van der Waals surface area contributed by atoms with Crippen molar-refractivity contribution in [2.24, 2.45) is 0 Å². The number of nitrogens with zero attached hydrogens (tertiary/aromatic N) is 3. The summed E-state index contributed by atoms with van der Waals surface area (Å²) in [6, 6.07) is 10.5. The lowest BCUT2D eigenvalue weighted by Gasteiger charge is -2.37. The molecule has 0 spiro atoms. The number of aromatic nitrogens is 1. The Kier molecular flexibility index (Phi) is 3.74. The van der Waals surface area contributed by atoms with Gasteiger partial charge in [0.05, 0.1) is 10.7 Å². The van der Waals surface area contributed by atoms with Crippen molar-refractivity contribution in [3.8, 4) is 0 Å². The first-order valence-corrected chi connectivity index (χ1v) is 6.98. The van der Waals surface area contributed by atoms with Gasteiger partial charge >= 0.3 is 0 Å². The quantitative estimate of drug-likeness (QED) is 0.847. The van der Waals surface area contributed by atoms with Crippen molar-refractivity contribution < 1.29 is 4.39 Å². The number of para-hydroxylation sites is 1. The number of hydrogen-bond donors (Lipinski definition) is 0. The Morgan fingerprint density at radius 1 is 0.950 bits per heavy atom. The van der Waals surface area contributed by atoms with Crippen LogP contribution in [0.15, 0.2) is 42.6 Å². The topological polar surface area (TPSA) is 19.4 Å². The van der Waals surface area contributed by atoms with E-state index >= 15 is 0 Å². The van der Waals surface area contributed by atoms with Gasteiger partial charge in [0.2, 0.25) is 0 Å². The van der Waals surface area contributed by atoms with Crippen molar-refractivity contribution in [2.45, 2.75) is 0 Å². The van der Waals surface area contributed by atoms with Crippen molar-refractivity contribution in [1.82, 2.24) is 4.98 Å². The van der Waals surface area contributed by atoms with Gasteiger partial charge in [0, 0.05) is 32.4 Å². The van der Waals surface area contributed by atoms with Crippen LogP contribution >= 0.6 is 11.6 Å². The van der Waals surface area contributed by atoms with Crippen LogP contribution in [-0.2, 0) is 0 Å². The zero-order valence-corrected chi connectivity index (χ0v) is 11.7. The Morgan fingerprint density at radius 3 is 2.35 bits per heavy atom. The van der Waals surface area contributed by atoms with Crippen LogP contribution in [0.2, 0.25) is 5.02 Å². The molecule has 1 aromatic carbocycles. The summed E-state index contributed by atoms with van der Waals surface area (Å²) in [5.74, 6) is 0.638. The molecule has 0 amide bonds. The molecule has 0 N–H and O–H groups in total. The van der Waals surface area contributed by atoms with E-state index in [1.807, 2.05) is 24.3 Å². The van der Waals surface area contributed by atoms with Gasteiger partial charge in [-0.2, -0.15) is 0 Å². The van der Waals surface area contributed by atoms with Crippen molar-refractivity contribution in [2.75, 3.05) is 36.0 Å². The second-order valence-corrected chi connectivity index (χ2v) is 5.14.